The van der Waals surface area contributed by atoms with Gasteiger partial charge in [0.2, 0.25) is 15.9 Å². The summed E-state index contributed by atoms with van der Waals surface area (Å²) in [6.45, 7) is 2.73. The van der Waals surface area contributed by atoms with Crippen LogP contribution in [0.3, 0.4) is 0 Å². The van der Waals surface area contributed by atoms with Crippen molar-refractivity contribution in [2.75, 3.05) is 13.1 Å². The molecule has 2 aromatic rings. The molecule has 8 nitrogen and oxygen atoms in total. The summed E-state index contributed by atoms with van der Waals surface area (Å²) < 4.78 is 27.0. The third-order valence-electron chi connectivity index (χ3n) is 5.94. The number of piperidine rings is 1. The molecule has 0 aromatic heterocycles. The number of hydrogen-bond acceptors (Lipinski definition) is 5. The molecule has 0 saturated carbocycles. The first-order chi connectivity index (χ1) is 15.3. The van der Waals surface area contributed by atoms with Crippen LogP contribution in [0.1, 0.15) is 52.5 Å². The quantitative estimate of drug-likeness (QED) is 0.673. The lowest BCUT2D eigenvalue weighted by Crippen LogP contribution is -2.47. The van der Waals surface area contributed by atoms with Gasteiger partial charge in [0, 0.05) is 19.6 Å². The maximum atomic E-state index is 12.7. The van der Waals surface area contributed by atoms with Gasteiger partial charge in [-0.2, -0.15) is 4.31 Å². The molecular formula is C23H25N3O5S. The smallest absolute Gasteiger partial charge is 0.262 e. The lowest BCUT2D eigenvalue weighted by molar-refractivity contribution is -0.124. The molecule has 3 amide bonds. The Hall–Kier alpha value is -3.04. The van der Waals surface area contributed by atoms with Crippen molar-refractivity contribution in [2.24, 2.45) is 0 Å². The number of carbonyl (C=O) groups excluding carboxylic acids is 3. The van der Waals surface area contributed by atoms with Crippen molar-refractivity contribution in [3.05, 3.63) is 65.2 Å². The summed E-state index contributed by atoms with van der Waals surface area (Å²) in [6.07, 6.45) is 2.78. The number of amides is 3. The number of carbonyl (C=O) groups is 3. The molecule has 1 atom stereocenters. The highest BCUT2D eigenvalue weighted by Crippen LogP contribution is 2.25. The molecule has 1 N–H and O–H groups in total. The highest BCUT2D eigenvalue weighted by Gasteiger charge is 2.40. The Labute approximate surface area is 187 Å². The van der Waals surface area contributed by atoms with E-state index in [4.69, 9.17) is 0 Å². The molecule has 1 unspecified atom stereocenters. The average Bonchev–Trinajstić information content (AvgIpc) is 3.08. The van der Waals surface area contributed by atoms with E-state index in [0.29, 0.717) is 29.8 Å². The molecule has 9 heteroatoms. The number of sulfonamides is 1. The summed E-state index contributed by atoms with van der Waals surface area (Å²) in [5.41, 5.74) is 1.30. The lowest BCUT2D eigenvalue weighted by atomic mass is 10.1. The molecule has 2 heterocycles. The number of benzene rings is 2. The number of fused-ring (bicyclic) bond motifs is 1. The number of nitrogens with zero attached hydrogens (tertiary/aromatic N) is 2. The lowest BCUT2D eigenvalue weighted by Gasteiger charge is -2.26. The van der Waals surface area contributed by atoms with Gasteiger partial charge in [0.15, 0.2) is 0 Å². The zero-order chi connectivity index (χ0) is 22.9. The van der Waals surface area contributed by atoms with E-state index in [2.05, 4.69) is 5.32 Å². The number of hydrogen-bond donors (Lipinski definition) is 1. The fourth-order valence-electron chi connectivity index (χ4n) is 4.05. The second-order valence-electron chi connectivity index (χ2n) is 8.03. The van der Waals surface area contributed by atoms with Gasteiger partial charge in [0.25, 0.3) is 11.8 Å². The van der Waals surface area contributed by atoms with Gasteiger partial charge < -0.3 is 5.32 Å². The fraction of sp³-hybridized carbons (Fsp3) is 0.348. The van der Waals surface area contributed by atoms with E-state index in [-0.39, 0.29) is 11.4 Å². The topological polar surface area (TPSA) is 104 Å². The Morgan fingerprint density at radius 2 is 1.50 bits per heavy atom. The van der Waals surface area contributed by atoms with E-state index in [1.807, 2.05) is 0 Å². The van der Waals surface area contributed by atoms with E-state index in [0.717, 1.165) is 24.2 Å². The Balaban J connectivity index is 1.38. The van der Waals surface area contributed by atoms with Gasteiger partial charge in [-0.05, 0) is 49.6 Å². The average molecular weight is 456 g/mol. The van der Waals surface area contributed by atoms with Crippen molar-refractivity contribution >= 4 is 27.7 Å². The molecule has 0 aliphatic carbocycles. The summed E-state index contributed by atoms with van der Waals surface area (Å²) in [5.74, 6) is -1.44. The first-order valence-corrected chi connectivity index (χ1v) is 12.1. The van der Waals surface area contributed by atoms with E-state index in [1.165, 1.54) is 11.2 Å². The molecule has 1 saturated heterocycles. The van der Waals surface area contributed by atoms with Gasteiger partial charge in [-0.1, -0.05) is 30.7 Å². The predicted molar refractivity (Wildman–Crippen MR) is 117 cm³/mol. The van der Waals surface area contributed by atoms with Crippen LogP contribution in [-0.4, -0.2) is 54.5 Å². The maximum Gasteiger partial charge on any atom is 0.262 e. The molecule has 2 aliphatic heterocycles. The van der Waals surface area contributed by atoms with Crippen molar-refractivity contribution in [3.63, 3.8) is 0 Å². The van der Waals surface area contributed by atoms with Crippen LogP contribution in [0.4, 0.5) is 0 Å². The molecule has 0 bridgehead atoms. The molecule has 168 valence electrons. The Morgan fingerprint density at radius 3 is 2.06 bits per heavy atom. The van der Waals surface area contributed by atoms with Crippen LogP contribution in [0, 0.1) is 0 Å². The van der Waals surface area contributed by atoms with Gasteiger partial charge in [-0.15, -0.1) is 0 Å². The zero-order valence-electron chi connectivity index (χ0n) is 17.8. The molecule has 4 rings (SSSR count). The van der Waals surface area contributed by atoms with E-state index < -0.39 is 33.8 Å². The Morgan fingerprint density at radius 1 is 0.938 bits per heavy atom. The number of imide groups is 1. The Bertz CT molecular complexity index is 1120. The largest absolute Gasteiger partial charge is 0.350 e. The minimum absolute atomic E-state index is 0.149. The third kappa shape index (κ3) is 4.05. The molecule has 1 fully saturated rings. The van der Waals surface area contributed by atoms with Crippen molar-refractivity contribution in [1.29, 1.82) is 0 Å². The van der Waals surface area contributed by atoms with Crippen LogP contribution in [0.5, 0.6) is 0 Å². The standard InChI is InChI=1S/C23H25N3O5S/c1-16(26-22(28)19-7-3-4-8-20(19)23(26)29)21(27)24-15-17-9-11-18(12-10-17)32(30,31)25-13-5-2-6-14-25/h3-4,7-12,16H,2,5-6,13-15H2,1H3,(H,24,27). The normalized spacial score (nSPS) is 17.8. The third-order valence-corrected chi connectivity index (χ3v) is 7.85. The van der Waals surface area contributed by atoms with Gasteiger partial charge in [0.05, 0.1) is 16.0 Å². The van der Waals surface area contributed by atoms with Gasteiger partial charge >= 0.3 is 0 Å². The van der Waals surface area contributed by atoms with Gasteiger partial charge in [0.1, 0.15) is 6.04 Å². The zero-order valence-corrected chi connectivity index (χ0v) is 18.6. The Kier molecular flexibility index (Phi) is 6.12. The van der Waals surface area contributed by atoms with Gasteiger partial charge in [-0.25, -0.2) is 8.42 Å². The molecule has 2 aromatic carbocycles. The first-order valence-electron chi connectivity index (χ1n) is 10.6. The van der Waals surface area contributed by atoms with Crippen molar-refractivity contribution < 1.29 is 22.8 Å². The molecule has 32 heavy (non-hydrogen) atoms. The summed E-state index contributed by atoms with van der Waals surface area (Å²) in [4.78, 5) is 38.9. The number of rotatable bonds is 6. The van der Waals surface area contributed by atoms with E-state index in [1.54, 1.807) is 48.5 Å². The maximum absolute atomic E-state index is 12.7. The number of nitrogens with one attached hydrogen (secondary N) is 1. The van der Waals surface area contributed by atoms with E-state index >= 15 is 0 Å². The first kappa shape index (κ1) is 22.2. The molecular weight excluding hydrogens is 430 g/mol. The fourth-order valence-corrected chi connectivity index (χ4v) is 5.56. The second kappa shape index (κ2) is 8.84. The van der Waals surface area contributed by atoms with Gasteiger partial charge in [-0.3, -0.25) is 19.3 Å². The SMILES string of the molecule is CC(C(=O)NCc1ccc(S(=O)(=O)N2CCCCC2)cc1)N1C(=O)c2ccccc2C1=O. The summed E-state index contributed by atoms with van der Waals surface area (Å²) in [7, 11) is -3.51. The van der Waals surface area contributed by atoms with Crippen LogP contribution in [0.2, 0.25) is 0 Å². The van der Waals surface area contributed by atoms with Crippen molar-refractivity contribution in [3.8, 4) is 0 Å². The van der Waals surface area contributed by atoms with E-state index in [9.17, 15) is 22.8 Å². The minimum Gasteiger partial charge on any atom is -0.350 e. The summed E-state index contributed by atoms with van der Waals surface area (Å²) in [5, 5.41) is 2.72. The summed E-state index contributed by atoms with van der Waals surface area (Å²) in [6, 6.07) is 11.9. The molecule has 2 aliphatic rings. The van der Waals surface area contributed by atoms with Crippen LogP contribution in [-0.2, 0) is 21.4 Å². The molecule has 0 radical (unpaired) electrons. The van der Waals surface area contributed by atoms with Crippen LogP contribution in [0.25, 0.3) is 0 Å². The van der Waals surface area contributed by atoms with Crippen molar-refractivity contribution in [1.82, 2.24) is 14.5 Å². The van der Waals surface area contributed by atoms with Crippen LogP contribution in [0.15, 0.2) is 53.4 Å². The minimum atomic E-state index is -3.51. The van der Waals surface area contributed by atoms with Crippen LogP contribution >= 0.6 is 0 Å². The van der Waals surface area contributed by atoms with Crippen LogP contribution < -0.4 is 5.32 Å². The monoisotopic (exact) mass is 455 g/mol. The summed E-state index contributed by atoms with van der Waals surface area (Å²) >= 11 is 0. The second-order valence-corrected chi connectivity index (χ2v) is 9.97. The highest BCUT2D eigenvalue weighted by molar-refractivity contribution is 7.89. The highest BCUT2D eigenvalue weighted by atomic mass is 32.2. The molecule has 0 spiro atoms. The van der Waals surface area contributed by atoms with Crippen molar-refractivity contribution in [2.45, 2.75) is 43.7 Å². The predicted octanol–water partition coefficient (Wildman–Crippen LogP) is 2.16.